The van der Waals surface area contributed by atoms with E-state index in [4.69, 9.17) is 17.3 Å². The fourth-order valence-electron chi connectivity index (χ4n) is 1.14. The van der Waals surface area contributed by atoms with Gasteiger partial charge in [0.25, 0.3) is 0 Å². The third kappa shape index (κ3) is 3.29. The first-order chi connectivity index (χ1) is 6.11. The predicted molar refractivity (Wildman–Crippen MR) is 61.1 cm³/mol. The molecular formula is C10H13BrClN. The lowest BCUT2D eigenvalue weighted by Crippen LogP contribution is -2.15. The third-order valence-electron chi connectivity index (χ3n) is 1.91. The Balaban J connectivity index is 2.75. The zero-order valence-electron chi connectivity index (χ0n) is 7.56. The maximum Gasteiger partial charge on any atom is 0.0449 e. The molecule has 1 rings (SSSR count). The van der Waals surface area contributed by atoms with Crippen molar-refractivity contribution < 1.29 is 0 Å². The van der Waals surface area contributed by atoms with Gasteiger partial charge in [-0.1, -0.05) is 33.6 Å². The Morgan fingerprint density at radius 2 is 2.23 bits per heavy atom. The normalized spacial score (nSPS) is 12.9. The lowest BCUT2D eigenvalue weighted by Gasteiger charge is -2.08. The van der Waals surface area contributed by atoms with E-state index in [0.29, 0.717) is 0 Å². The number of benzene rings is 1. The first-order valence-electron chi connectivity index (χ1n) is 4.29. The van der Waals surface area contributed by atoms with Crippen molar-refractivity contribution in [2.24, 2.45) is 5.73 Å². The van der Waals surface area contributed by atoms with Crippen LogP contribution in [0.25, 0.3) is 0 Å². The van der Waals surface area contributed by atoms with E-state index < -0.39 is 0 Å². The zero-order chi connectivity index (χ0) is 9.84. The lowest BCUT2D eigenvalue weighted by molar-refractivity contribution is 0.665. The van der Waals surface area contributed by atoms with Crippen LogP contribution in [-0.4, -0.2) is 6.04 Å². The highest BCUT2D eigenvalue weighted by Crippen LogP contribution is 2.25. The molecule has 13 heavy (non-hydrogen) atoms. The summed E-state index contributed by atoms with van der Waals surface area (Å²) in [5, 5.41) is 0.815. The van der Waals surface area contributed by atoms with Crippen molar-refractivity contribution in [2.45, 2.75) is 25.8 Å². The quantitative estimate of drug-likeness (QED) is 0.888. The van der Waals surface area contributed by atoms with Gasteiger partial charge in [0.1, 0.15) is 0 Å². The molecule has 0 aromatic heterocycles. The van der Waals surface area contributed by atoms with E-state index in [1.165, 1.54) is 0 Å². The highest BCUT2D eigenvalue weighted by molar-refractivity contribution is 9.10. The minimum absolute atomic E-state index is 0.225. The Morgan fingerprint density at radius 3 is 2.77 bits per heavy atom. The maximum absolute atomic E-state index is 6.04. The largest absolute Gasteiger partial charge is 0.328 e. The van der Waals surface area contributed by atoms with Gasteiger partial charge in [-0.3, -0.25) is 0 Å². The second-order valence-corrected chi connectivity index (χ2v) is 4.48. The van der Waals surface area contributed by atoms with E-state index in [2.05, 4.69) is 15.9 Å². The summed E-state index contributed by atoms with van der Waals surface area (Å²) in [4.78, 5) is 0. The van der Waals surface area contributed by atoms with Crippen molar-refractivity contribution in [1.29, 1.82) is 0 Å². The van der Waals surface area contributed by atoms with Gasteiger partial charge in [-0.15, -0.1) is 0 Å². The molecule has 1 nitrogen and oxygen atoms in total. The average Bonchev–Trinajstić information content (AvgIpc) is 2.03. The monoisotopic (exact) mass is 261 g/mol. The second kappa shape index (κ2) is 4.99. The predicted octanol–water partition coefficient (Wildman–Crippen LogP) is 3.38. The van der Waals surface area contributed by atoms with Gasteiger partial charge >= 0.3 is 0 Å². The Bertz CT molecular complexity index is 266. The first kappa shape index (κ1) is 11.0. The van der Waals surface area contributed by atoms with Crippen LogP contribution in [0.1, 0.15) is 18.9 Å². The van der Waals surface area contributed by atoms with Crippen LogP contribution in [0.4, 0.5) is 0 Å². The molecule has 2 N–H and O–H groups in total. The summed E-state index contributed by atoms with van der Waals surface area (Å²) in [6.07, 6.45) is 1.89. The van der Waals surface area contributed by atoms with Gasteiger partial charge < -0.3 is 5.73 Å². The van der Waals surface area contributed by atoms with Gasteiger partial charge in [-0.2, -0.15) is 0 Å². The van der Waals surface area contributed by atoms with E-state index in [9.17, 15) is 0 Å². The molecule has 0 amide bonds. The second-order valence-electron chi connectivity index (χ2n) is 3.22. The Morgan fingerprint density at radius 1 is 1.54 bits per heavy atom. The van der Waals surface area contributed by atoms with Crippen molar-refractivity contribution in [1.82, 2.24) is 0 Å². The minimum Gasteiger partial charge on any atom is -0.328 e. The van der Waals surface area contributed by atoms with Crippen LogP contribution in [0.3, 0.4) is 0 Å². The lowest BCUT2D eigenvalue weighted by atomic mass is 10.1. The van der Waals surface area contributed by atoms with E-state index >= 15 is 0 Å². The maximum atomic E-state index is 6.04. The standard InChI is InChI=1S/C10H13BrClN/c1-7(13)5-6-8-9(11)3-2-4-10(8)12/h2-4,7H,5-6,13H2,1H3/t7-/m0/s1. The van der Waals surface area contributed by atoms with Gasteiger partial charge in [0.05, 0.1) is 0 Å². The van der Waals surface area contributed by atoms with Crippen LogP contribution >= 0.6 is 27.5 Å². The molecule has 3 heteroatoms. The summed E-state index contributed by atoms with van der Waals surface area (Å²) in [5.74, 6) is 0. The molecule has 0 unspecified atom stereocenters. The average molecular weight is 263 g/mol. The van der Waals surface area contributed by atoms with E-state index in [1.807, 2.05) is 25.1 Å². The van der Waals surface area contributed by atoms with E-state index in [1.54, 1.807) is 0 Å². The molecule has 0 aliphatic carbocycles. The van der Waals surface area contributed by atoms with Crippen LogP contribution in [0.5, 0.6) is 0 Å². The topological polar surface area (TPSA) is 26.0 Å². The van der Waals surface area contributed by atoms with E-state index in [-0.39, 0.29) is 6.04 Å². The van der Waals surface area contributed by atoms with Crippen LogP contribution in [0.2, 0.25) is 5.02 Å². The number of nitrogens with two attached hydrogens (primary N) is 1. The van der Waals surface area contributed by atoms with Crippen LogP contribution < -0.4 is 5.73 Å². The molecule has 0 fully saturated rings. The molecule has 0 aliphatic heterocycles. The highest BCUT2D eigenvalue weighted by Gasteiger charge is 2.05. The van der Waals surface area contributed by atoms with Gasteiger partial charge in [-0.05, 0) is 37.5 Å². The molecular weight excluding hydrogens is 249 g/mol. The molecule has 1 aromatic carbocycles. The third-order valence-corrected chi connectivity index (χ3v) is 3.01. The molecule has 0 bridgehead atoms. The molecule has 0 saturated heterocycles. The molecule has 72 valence electrons. The Kier molecular flexibility index (Phi) is 4.23. The van der Waals surface area contributed by atoms with Crippen LogP contribution in [0.15, 0.2) is 22.7 Å². The van der Waals surface area contributed by atoms with Crippen LogP contribution in [0, 0.1) is 0 Å². The molecule has 0 aliphatic rings. The summed E-state index contributed by atoms with van der Waals surface area (Å²) >= 11 is 9.51. The Hall–Kier alpha value is -0.0500. The zero-order valence-corrected chi connectivity index (χ0v) is 9.90. The highest BCUT2D eigenvalue weighted by atomic mass is 79.9. The number of halogens is 2. The first-order valence-corrected chi connectivity index (χ1v) is 5.47. The number of hydrogen-bond acceptors (Lipinski definition) is 1. The molecule has 0 spiro atoms. The fourth-order valence-corrected chi connectivity index (χ4v) is 2.09. The number of hydrogen-bond donors (Lipinski definition) is 1. The summed E-state index contributed by atoms with van der Waals surface area (Å²) in [6, 6.07) is 6.07. The Labute approximate surface area is 92.4 Å². The summed E-state index contributed by atoms with van der Waals surface area (Å²) < 4.78 is 1.07. The van der Waals surface area contributed by atoms with Gasteiger partial charge in [0.2, 0.25) is 0 Å². The van der Waals surface area contributed by atoms with Crippen molar-refractivity contribution in [3.05, 3.63) is 33.3 Å². The van der Waals surface area contributed by atoms with Gasteiger partial charge in [-0.25, -0.2) is 0 Å². The molecule has 1 aromatic rings. The van der Waals surface area contributed by atoms with Crippen molar-refractivity contribution in [2.75, 3.05) is 0 Å². The number of rotatable bonds is 3. The van der Waals surface area contributed by atoms with E-state index in [0.717, 1.165) is 27.9 Å². The summed E-state index contributed by atoms with van der Waals surface area (Å²) in [7, 11) is 0. The van der Waals surface area contributed by atoms with Gasteiger partial charge in [0, 0.05) is 15.5 Å². The van der Waals surface area contributed by atoms with Crippen molar-refractivity contribution in [3.8, 4) is 0 Å². The molecule has 0 heterocycles. The molecule has 1 atom stereocenters. The summed E-state index contributed by atoms with van der Waals surface area (Å²) in [5.41, 5.74) is 6.84. The van der Waals surface area contributed by atoms with Gasteiger partial charge in [0.15, 0.2) is 0 Å². The molecule has 0 radical (unpaired) electrons. The van der Waals surface area contributed by atoms with Crippen molar-refractivity contribution >= 4 is 27.5 Å². The van der Waals surface area contributed by atoms with Crippen molar-refractivity contribution in [3.63, 3.8) is 0 Å². The minimum atomic E-state index is 0.225. The fraction of sp³-hybridized carbons (Fsp3) is 0.400. The van der Waals surface area contributed by atoms with Crippen LogP contribution in [-0.2, 0) is 6.42 Å². The SMILES string of the molecule is C[C@H](N)CCc1c(Cl)cccc1Br. The smallest absolute Gasteiger partial charge is 0.0449 e. The summed E-state index contributed by atoms with van der Waals surface area (Å²) in [6.45, 7) is 2.00. The molecule has 0 saturated carbocycles.